The largest absolute Gasteiger partial charge is 0.364 e. The van der Waals surface area contributed by atoms with E-state index in [-0.39, 0.29) is 0 Å². The first-order chi connectivity index (χ1) is 7.74. The minimum absolute atomic E-state index is 0.615. The molecule has 0 spiro atoms. The molecule has 0 saturated heterocycles. The van der Waals surface area contributed by atoms with Gasteiger partial charge in [0.2, 0.25) is 0 Å². The Labute approximate surface area is 94.0 Å². The van der Waals surface area contributed by atoms with Gasteiger partial charge in [-0.05, 0) is 19.9 Å². The van der Waals surface area contributed by atoms with E-state index in [4.69, 9.17) is 0 Å². The van der Waals surface area contributed by atoms with Gasteiger partial charge in [0.1, 0.15) is 11.6 Å². The number of anilines is 1. The van der Waals surface area contributed by atoms with Crippen LogP contribution in [-0.4, -0.2) is 19.9 Å². The lowest BCUT2D eigenvalue weighted by Crippen LogP contribution is -2.04. The quantitative estimate of drug-likeness (QED) is 0.840. The van der Waals surface area contributed by atoms with Crippen LogP contribution in [0.3, 0.4) is 0 Å². The molecule has 0 amide bonds. The van der Waals surface area contributed by atoms with Crippen molar-refractivity contribution >= 4 is 5.82 Å². The molecule has 0 radical (unpaired) electrons. The summed E-state index contributed by atoms with van der Waals surface area (Å²) in [4.78, 5) is 16.7. The zero-order valence-corrected chi connectivity index (χ0v) is 9.31. The van der Waals surface area contributed by atoms with Crippen molar-refractivity contribution in [3.05, 3.63) is 41.9 Å². The van der Waals surface area contributed by atoms with E-state index in [1.54, 1.807) is 18.6 Å². The molecular formula is C11H13N5. The predicted octanol–water partition coefficient (Wildman–Crippen LogP) is 1.50. The van der Waals surface area contributed by atoms with Crippen LogP contribution in [-0.2, 0) is 6.54 Å². The van der Waals surface area contributed by atoms with Gasteiger partial charge in [-0.1, -0.05) is 0 Å². The Kier molecular flexibility index (Phi) is 3.05. The lowest BCUT2D eigenvalue weighted by Gasteiger charge is -2.04. The summed E-state index contributed by atoms with van der Waals surface area (Å²) in [6, 6.07) is 1.83. The van der Waals surface area contributed by atoms with Gasteiger partial charge in [0.05, 0.1) is 24.1 Å². The van der Waals surface area contributed by atoms with E-state index in [1.165, 1.54) is 0 Å². The molecule has 5 nitrogen and oxygen atoms in total. The molecule has 0 saturated carbocycles. The molecule has 2 rings (SSSR count). The van der Waals surface area contributed by atoms with E-state index in [0.717, 1.165) is 23.0 Å². The molecule has 0 aliphatic carbocycles. The topological polar surface area (TPSA) is 63.6 Å². The van der Waals surface area contributed by atoms with Crippen LogP contribution in [0.25, 0.3) is 0 Å². The Morgan fingerprint density at radius 2 is 2.00 bits per heavy atom. The van der Waals surface area contributed by atoms with Crippen LogP contribution in [0, 0.1) is 13.8 Å². The second-order valence-corrected chi connectivity index (χ2v) is 3.49. The van der Waals surface area contributed by atoms with Gasteiger partial charge in [-0.15, -0.1) is 0 Å². The molecule has 0 atom stereocenters. The smallest absolute Gasteiger partial charge is 0.129 e. The number of aromatic nitrogens is 4. The number of nitrogens with zero attached hydrogens (tertiary/aromatic N) is 4. The maximum Gasteiger partial charge on any atom is 0.129 e. The van der Waals surface area contributed by atoms with Crippen molar-refractivity contribution in [1.29, 1.82) is 0 Å². The molecule has 2 heterocycles. The van der Waals surface area contributed by atoms with E-state index in [1.807, 2.05) is 19.9 Å². The highest BCUT2D eigenvalue weighted by molar-refractivity contribution is 5.33. The average Bonchev–Trinajstić information content (AvgIpc) is 2.28. The second-order valence-electron chi connectivity index (χ2n) is 3.49. The summed E-state index contributed by atoms with van der Waals surface area (Å²) in [7, 11) is 0. The van der Waals surface area contributed by atoms with Crippen LogP contribution in [0.1, 0.15) is 17.2 Å². The fourth-order valence-electron chi connectivity index (χ4n) is 1.25. The molecule has 82 valence electrons. The molecule has 0 bridgehead atoms. The Bertz CT molecular complexity index is 466. The van der Waals surface area contributed by atoms with E-state index < -0.39 is 0 Å². The standard InChI is InChI=1S/C11H13N5/c1-8-5-14-10(6-13-8)7-15-11-3-4-12-9(2)16-11/h3-6H,7H2,1-2H3,(H,12,15,16). The predicted molar refractivity (Wildman–Crippen MR) is 60.9 cm³/mol. The van der Waals surface area contributed by atoms with Crippen molar-refractivity contribution in [2.24, 2.45) is 0 Å². The van der Waals surface area contributed by atoms with Gasteiger partial charge in [0.25, 0.3) is 0 Å². The van der Waals surface area contributed by atoms with Gasteiger partial charge in [-0.25, -0.2) is 9.97 Å². The maximum atomic E-state index is 4.25. The average molecular weight is 215 g/mol. The summed E-state index contributed by atoms with van der Waals surface area (Å²) in [5.41, 5.74) is 1.81. The molecular weight excluding hydrogens is 202 g/mol. The van der Waals surface area contributed by atoms with E-state index in [0.29, 0.717) is 6.54 Å². The number of rotatable bonds is 3. The molecule has 16 heavy (non-hydrogen) atoms. The van der Waals surface area contributed by atoms with Crippen LogP contribution in [0.5, 0.6) is 0 Å². The van der Waals surface area contributed by atoms with Crippen molar-refractivity contribution in [2.45, 2.75) is 20.4 Å². The van der Waals surface area contributed by atoms with Gasteiger partial charge < -0.3 is 5.32 Å². The van der Waals surface area contributed by atoms with E-state index in [2.05, 4.69) is 25.3 Å². The summed E-state index contributed by atoms with van der Waals surface area (Å²) in [5.74, 6) is 1.55. The lowest BCUT2D eigenvalue weighted by atomic mass is 10.4. The van der Waals surface area contributed by atoms with Crippen LogP contribution >= 0.6 is 0 Å². The third-order valence-corrected chi connectivity index (χ3v) is 2.06. The molecule has 5 heteroatoms. The highest BCUT2D eigenvalue weighted by atomic mass is 15.0. The van der Waals surface area contributed by atoms with Crippen molar-refractivity contribution in [3.8, 4) is 0 Å². The van der Waals surface area contributed by atoms with Crippen molar-refractivity contribution in [2.75, 3.05) is 5.32 Å². The minimum Gasteiger partial charge on any atom is -0.364 e. The fraction of sp³-hybridized carbons (Fsp3) is 0.273. The van der Waals surface area contributed by atoms with Crippen LogP contribution in [0.2, 0.25) is 0 Å². The number of hydrogen-bond donors (Lipinski definition) is 1. The SMILES string of the molecule is Cc1cnc(CNc2ccnc(C)n2)cn1. The number of nitrogens with one attached hydrogen (secondary N) is 1. The lowest BCUT2D eigenvalue weighted by molar-refractivity contribution is 0.963. The minimum atomic E-state index is 0.615. The second kappa shape index (κ2) is 4.65. The molecule has 1 N–H and O–H groups in total. The van der Waals surface area contributed by atoms with Gasteiger partial charge in [0.15, 0.2) is 0 Å². The molecule has 2 aromatic heterocycles. The van der Waals surface area contributed by atoms with Crippen LogP contribution in [0.4, 0.5) is 5.82 Å². The Morgan fingerprint density at radius 3 is 2.69 bits per heavy atom. The number of hydrogen-bond acceptors (Lipinski definition) is 5. The highest BCUT2D eigenvalue weighted by Crippen LogP contribution is 2.03. The molecule has 0 aliphatic heterocycles. The van der Waals surface area contributed by atoms with Crippen LogP contribution < -0.4 is 5.32 Å². The highest BCUT2D eigenvalue weighted by Gasteiger charge is 1.97. The van der Waals surface area contributed by atoms with Crippen molar-refractivity contribution in [3.63, 3.8) is 0 Å². The third-order valence-electron chi connectivity index (χ3n) is 2.06. The van der Waals surface area contributed by atoms with Crippen molar-refractivity contribution < 1.29 is 0 Å². The molecule has 0 unspecified atom stereocenters. The number of aryl methyl sites for hydroxylation is 2. The zero-order chi connectivity index (χ0) is 11.4. The first kappa shape index (κ1) is 10.5. The van der Waals surface area contributed by atoms with Crippen molar-refractivity contribution in [1.82, 2.24) is 19.9 Å². The summed E-state index contributed by atoms with van der Waals surface area (Å²) in [5, 5.41) is 3.17. The van der Waals surface area contributed by atoms with E-state index >= 15 is 0 Å². The fourth-order valence-corrected chi connectivity index (χ4v) is 1.25. The Hall–Kier alpha value is -2.04. The third kappa shape index (κ3) is 2.73. The van der Waals surface area contributed by atoms with Gasteiger partial charge in [0, 0.05) is 12.4 Å². The molecule has 0 fully saturated rings. The van der Waals surface area contributed by atoms with Gasteiger partial charge in [-0.2, -0.15) is 0 Å². The van der Waals surface area contributed by atoms with Crippen LogP contribution in [0.15, 0.2) is 24.7 Å². The maximum absolute atomic E-state index is 4.25. The van der Waals surface area contributed by atoms with E-state index in [9.17, 15) is 0 Å². The summed E-state index contributed by atoms with van der Waals surface area (Å²) < 4.78 is 0. The first-order valence-corrected chi connectivity index (χ1v) is 5.05. The summed E-state index contributed by atoms with van der Waals surface area (Å²) >= 11 is 0. The molecule has 0 aliphatic rings. The molecule has 0 aromatic carbocycles. The van der Waals surface area contributed by atoms with Gasteiger partial charge >= 0.3 is 0 Å². The first-order valence-electron chi connectivity index (χ1n) is 5.05. The summed E-state index contributed by atoms with van der Waals surface area (Å²) in [6.07, 6.45) is 5.24. The van der Waals surface area contributed by atoms with Gasteiger partial charge in [-0.3, -0.25) is 9.97 Å². The molecule has 2 aromatic rings. The summed E-state index contributed by atoms with van der Waals surface area (Å²) in [6.45, 7) is 4.39. The Morgan fingerprint density at radius 1 is 1.12 bits per heavy atom. The zero-order valence-electron chi connectivity index (χ0n) is 9.31. The monoisotopic (exact) mass is 215 g/mol. The Balaban J connectivity index is 1.99. The normalized spacial score (nSPS) is 10.1.